The summed E-state index contributed by atoms with van der Waals surface area (Å²) < 4.78 is 25.4. The molecule has 1 aromatic rings. The molecule has 1 aromatic carbocycles. The summed E-state index contributed by atoms with van der Waals surface area (Å²) in [4.78, 5) is 0. The van der Waals surface area contributed by atoms with Gasteiger partial charge < -0.3 is 5.73 Å². The van der Waals surface area contributed by atoms with Crippen molar-refractivity contribution in [2.75, 3.05) is 5.43 Å². The normalized spacial score (nSPS) is 16.6. The number of hydrazone groups is 1. The predicted octanol–water partition coefficient (Wildman–Crippen LogP) is 0.966. The van der Waals surface area contributed by atoms with Crippen LogP contribution in [0.25, 0.3) is 0 Å². The summed E-state index contributed by atoms with van der Waals surface area (Å²) >= 11 is 0. The van der Waals surface area contributed by atoms with E-state index in [9.17, 15) is 8.78 Å². The van der Waals surface area contributed by atoms with Crippen LogP contribution in [0.1, 0.15) is 0 Å². The first-order chi connectivity index (χ1) is 7.66. The molecule has 0 spiro atoms. The molecule has 0 amide bonds. The number of anilines is 1. The van der Waals surface area contributed by atoms with Gasteiger partial charge in [0.05, 0.1) is 5.69 Å². The van der Waals surface area contributed by atoms with Gasteiger partial charge >= 0.3 is 0 Å². The highest BCUT2D eigenvalue weighted by Crippen LogP contribution is 2.12. The number of halogens is 2. The Bertz CT molecular complexity index is 507. The summed E-state index contributed by atoms with van der Waals surface area (Å²) in [6.45, 7) is 0. The van der Waals surface area contributed by atoms with Gasteiger partial charge in [0.15, 0.2) is 23.2 Å². The molecule has 1 aliphatic heterocycles. The molecule has 5 nitrogen and oxygen atoms in total. The van der Waals surface area contributed by atoms with Crippen molar-refractivity contribution in [1.29, 1.82) is 0 Å². The predicted molar refractivity (Wildman–Crippen MR) is 56.5 cm³/mol. The summed E-state index contributed by atoms with van der Waals surface area (Å²) in [7, 11) is 0. The van der Waals surface area contributed by atoms with Crippen LogP contribution in [0, 0.1) is 11.6 Å². The largest absolute Gasteiger partial charge is 0.380 e. The van der Waals surface area contributed by atoms with E-state index in [4.69, 9.17) is 5.73 Å². The Labute approximate surface area is 89.4 Å². The minimum Gasteiger partial charge on any atom is -0.380 e. The van der Waals surface area contributed by atoms with Crippen molar-refractivity contribution >= 4 is 23.4 Å². The number of nitrogens with two attached hydrogens (primary N) is 1. The van der Waals surface area contributed by atoms with Gasteiger partial charge in [0.25, 0.3) is 0 Å². The zero-order chi connectivity index (χ0) is 11.5. The van der Waals surface area contributed by atoms with Crippen LogP contribution in [0.4, 0.5) is 14.5 Å². The van der Waals surface area contributed by atoms with Crippen LogP contribution in [0.15, 0.2) is 33.5 Å². The highest BCUT2D eigenvalue weighted by atomic mass is 19.2. The van der Waals surface area contributed by atoms with E-state index in [0.717, 1.165) is 12.1 Å². The molecule has 0 saturated carbocycles. The van der Waals surface area contributed by atoms with E-state index >= 15 is 0 Å². The van der Waals surface area contributed by atoms with E-state index in [1.165, 1.54) is 6.07 Å². The first kappa shape index (κ1) is 10.2. The second-order valence-corrected chi connectivity index (χ2v) is 2.90. The zero-order valence-corrected chi connectivity index (χ0v) is 7.91. The van der Waals surface area contributed by atoms with E-state index in [1.807, 2.05) is 0 Å². The summed E-state index contributed by atoms with van der Waals surface area (Å²) in [5.74, 6) is -1.78. The van der Waals surface area contributed by atoms with Gasteiger partial charge in [-0.2, -0.15) is 5.10 Å². The van der Waals surface area contributed by atoms with E-state index in [0.29, 0.717) is 0 Å². The van der Waals surface area contributed by atoms with Gasteiger partial charge in [-0.15, -0.1) is 10.2 Å². The molecule has 0 aromatic heterocycles. The highest BCUT2D eigenvalue weighted by molar-refractivity contribution is 6.63. The molecular formula is C9H6F2N5. The van der Waals surface area contributed by atoms with E-state index in [-0.39, 0.29) is 17.2 Å². The van der Waals surface area contributed by atoms with Crippen molar-refractivity contribution in [3.63, 3.8) is 0 Å². The van der Waals surface area contributed by atoms with Crippen LogP contribution >= 0.6 is 0 Å². The van der Waals surface area contributed by atoms with Gasteiger partial charge in [0.1, 0.15) is 6.21 Å². The number of amidine groups is 1. The lowest BCUT2D eigenvalue weighted by Gasteiger charge is -2.01. The molecule has 7 heteroatoms. The molecule has 0 fully saturated rings. The maximum atomic E-state index is 12.8. The van der Waals surface area contributed by atoms with Crippen molar-refractivity contribution in [2.24, 2.45) is 21.0 Å². The zero-order valence-electron chi connectivity index (χ0n) is 7.91. The average molecular weight is 222 g/mol. The lowest BCUT2D eigenvalue weighted by atomic mass is 10.3. The fraction of sp³-hybridized carbons (Fsp3) is 0. The summed E-state index contributed by atoms with van der Waals surface area (Å²) in [6.07, 6.45) is 2.42. The number of hydrogen-bond acceptors (Lipinski definition) is 5. The first-order valence-electron chi connectivity index (χ1n) is 4.25. The topological polar surface area (TPSA) is 75.1 Å². The molecule has 0 saturated heterocycles. The minimum absolute atomic E-state index is 0.107. The third kappa shape index (κ3) is 2.02. The van der Waals surface area contributed by atoms with Crippen LogP contribution < -0.4 is 11.2 Å². The fourth-order valence-electron chi connectivity index (χ4n) is 0.999. The van der Waals surface area contributed by atoms with Gasteiger partial charge in [0.2, 0.25) is 0 Å². The van der Waals surface area contributed by atoms with Gasteiger partial charge in [0, 0.05) is 6.07 Å². The molecule has 16 heavy (non-hydrogen) atoms. The second kappa shape index (κ2) is 4.05. The number of nitrogens with one attached hydrogen (secondary N) is 1. The van der Waals surface area contributed by atoms with Crippen LogP contribution in [-0.4, -0.2) is 17.8 Å². The summed E-state index contributed by atoms with van der Waals surface area (Å²) in [6, 6.07) is 3.29. The van der Waals surface area contributed by atoms with Gasteiger partial charge in [-0.25, -0.2) is 8.78 Å². The lowest BCUT2D eigenvalue weighted by molar-refractivity contribution is 0.509. The number of rotatable bonds is 2. The van der Waals surface area contributed by atoms with Crippen LogP contribution in [0.2, 0.25) is 0 Å². The Morgan fingerprint density at radius 2 is 2.12 bits per heavy atom. The molecule has 1 radical (unpaired) electrons. The first-order valence-corrected chi connectivity index (χ1v) is 4.25. The third-order valence-electron chi connectivity index (χ3n) is 1.77. The summed E-state index contributed by atoms with van der Waals surface area (Å²) in [5.41, 5.74) is 8.37. The van der Waals surface area contributed by atoms with Crippen molar-refractivity contribution in [3.8, 4) is 0 Å². The lowest BCUT2D eigenvalue weighted by Crippen LogP contribution is -2.22. The molecule has 2 rings (SSSR count). The van der Waals surface area contributed by atoms with Crippen LogP contribution in [-0.2, 0) is 0 Å². The maximum absolute atomic E-state index is 12.8. The fourth-order valence-corrected chi connectivity index (χ4v) is 0.999. The maximum Gasteiger partial charge on any atom is 0.176 e. The van der Waals surface area contributed by atoms with Crippen molar-refractivity contribution in [2.45, 2.75) is 0 Å². The van der Waals surface area contributed by atoms with E-state index in [1.54, 1.807) is 0 Å². The van der Waals surface area contributed by atoms with E-state index < -0.39 is 11.6 Å². The Balaban J connectivity index is 2.13. The van der Waals surface area contributed by atoms with Crippen molar-refractivity contribution in [1.82, 2.24) is 0 Å². The van der Waals surface area contributed by atoms with Gasteiger partial charge in [-0.1, -0.05) is 0 Å². The Hall–Kier alpha value is -2.31. The highest BCUT2D eigenvalue weighted by Gasteiger charge is 2.08. The third-order valence-corrected chi connectivity index (χ3v) is 1.77. The molecule has 0 aliphatic carbocycles. The van der Waals surface area contributed by atoms with Crippen LogP contribution in [0.3, 0.4) is 0 Å². The second-order valence-electron chi connectivity index (χ2n) is 2.90. The standard InChI is InChI=1S/C9H6F2N5/c10-6-2-1-5(3-7(6)11)14-15-8-4-13-16-9(8)12/h1-3,14H,(H2,12,15,16). The Morgan fingerprint density at radius 3 is 2.75 bits per heavy atom. The summed E-state index contributed by atoms with van der Waals surface area (Å²) in [5, 5.41) is 10.6. The molecular weight excluding hydrogens is 216 g/mol. The van der Waals surface area contributed by atoms with E-state index in [2.05, 4.69) is 26.9 Å². The van der Waals surface area contributed by atoms with Crippen molar-refractivity contribution < 1.29 is 8.78 Å². The molecule has 0 bridgehead atoms. The van der Waals surface area contributed by atoms with Gasteiger partial charge in [-0.05, 0) is 12.1 Å². The molecule has 1 heterocycles. The Kier molecular flexibility index (Phi) is 2.59. The molecule has 0 unspecified atom stereocenters. The Morgan fingerprint density at radius 1 is 1.31 bits per heavy atom. The average Bonchev–Trinajstić information content (AvgIpc) is 2.66. The smallest absolute Gasteiger partial charge is 0.176 e. The van der Waals surface area contributed by atoms with Crippen LogP contribution in [0.5, 0.6) is 0 Å². The molecule has 3 N–H and O–H groups in total. The SMILES string of the molecule is NC1=NN=[C]C1=NNc1ccc(F)c(F)c1. The van der Waals surface area contributed by atoms with Crippen molar-refractivity contribution in [3.05, 3.63) is 29.8 Å². The molecule has 0 atom stereocenters. The molecule has 81 valence electrons. The molecule has 1 aliphatic rings. The monoisotopic (exact) mass is 222 g/mol. The number of hydrogen-bond donors (Lipinski definition) is 2. The number of benzene rings is 1. The van der Waals surface area contributed by atoms with Gasteiger partial charge in [-0.3, -0.25) is 5.43 Å². The quantitative estimate of drug-likeness (QED) is 0.731. The minimum atomic E-state index is -0.962. The number of nitrogens with zero attached hydrogens (tertiary/aromatic N) is 3.